The first-order chi connectivity index (χ1) is 18.9. The molecule has 4 aromatic carbocycles. The highest BCUT2D eigenvalue weighted by molar-refractivity contribution is 7.99. The molecule has 208 valence electrons. The second-order valence-corrected chi connectivity index (χ2v) is 12.2. The van der Waals surface area contributed by atoms with Gasteiger partial charge in [-0.1, -0.05) is 84.2 Å². The Hall–Kier alpha value is -3.54. The maximum atomic E-state index is 11.9. The van der Waals surface area contributed by atoms with Crippen molar-refractivity contribution >= 4 is 23.6 Å². The topological polar surface area (TPSA) is 60.8 Å². The predicted octanol–water partition coefficient (Wildman–Crippen LogP) is 8.62. The average molecular weight is 554 g/mol. The largest absolute Gasteiger partial charge is 0.481 e. The molecule has 40 heavy (non-hydrogen) atoms. The van der Waals surface area contributed by atoms with Crippen LogP contribution in [0.1, 0.15) is 48.6 Å². The van der Waals surface area contributed by atoms with Crippen LogP contribution in [0, 0.1) is 20.8 Å². The molecular weight excluding hydrogens is 514 g/mol. The highest BCUT2D eigenvalue weighted by atomic mass is 32.2. The molecule has 1 aliphatic rings. The van der Waals surface area contributed by atoms with Crippen LogP contribution in [0.5, 0.6) is 0 Å². The molecule has 0 atom stereocenters. The van der Waals surface area contributed by atoms with Gasteiger partial charge in [0.25, 0.3) is 0 Å². The molecule has 4 aromatic rings. The van der Waals surface area contributed by atoms with E-state index in [2.05, 4.69) is 98.1 Å². The van der Waals surface area contributed by atoms with E-state index in [1.54, 1.807) is 32.7 Å². The number of hydrogen-bond acceptors (Lipinski definition) is 4. The number of aryl methyl sites for hydroxylation is 1. The van der Waals surface area contributed by atoms with E-state index in [1.807, 2.05) is 6.07 Å². The minimum absolute atomic E-state index is 0.00515. The molecule has 0 aromatic heterocycles. The van der Waals surface area contributed by atoms with Crippen LogP contribution in [0.15, 0.2) is 72.8 Å². The Bertz CT molecular complexity index is 1510. The highest BCUT2D eigenvalue weighted by Gasteiger charge is 2.30. The molecule has 1 aliphatic heterocycles. The fourth-order valence-corrected chi connectivity index (χ4v) is 6.02. The number of fused-ring (bicyclic) bond motifs is 3. The van der Waals surface area contributed by atoms with Crippen molar-refractivity contribution in [3.63, 3.8) is 0 Å². The second-order valence-electron chi connectivity index (χ2n) is 11.4. The van der Waals surface area contributed by atoms with Crippen LogP contribution >= 0.6 is 11.9 Å². The van der Waals surface area contributed by atoms with Crippen molar-refractivity contribution in [2.24, 2.45) is 0 Å². The van der Waals surface area contributed by atoms with Crippen LogP contribution in [0.4, 0.5) is 5.69 Å². The van der Waals surface area contributed by atoms with Crippen LogP contribution in [0.25, 0.3) is 33.4 Å². The van der Waals surface area contributed by atoms with Crippen molar-refractivity contribution in [1.29, 1.82) is 0 Å². The molecule has 1 heterocycles. The first kappa shape index (κ1) is 29.4. The number of aliphatic carboxylic acids is 1. The molecule has 5 rings (SSSR count). The van der Waals surface area contributed by atoms with Crippen molar-refractivity contribution in [1.82, 2.24) is 0 Å². The van der Waals surface area contributed by atoms with Gasteiger partial charge in [-0.15, -0.1) is 0 Å². The second kappa shape index (κ2) is 11.9. The maximum absolute atomic E-state index is 11.9. The van der Waals surface area contributed by atoms with Gasteiger partial charge in [0, 0.05) is 11.8 Å². The third-order valence-corrected chi connectivity index (χ3v) is 7.78. The summed E-state index contributed by atoms with van der Waals surface area (Å²) in [5.41, 5.74) is 13.2. The fourth-order valence-electron chi connectivity index (χ4n) is 5.34. The smallest absolute Gasteiger partial charge is 0.307 e. The summed E-state index contributed by atoms with van der Waals surface area (Å²) in [5.74, 6) is -0.805. The van der Waals surface area contributed by atoms with Gasteiger partial charge in [0.15, 0.2) is 0 Å². The quantitative estimate of drug-likeness (QED) is 0.242. The normalized spacial score (nSPS) is 12.2. The molecule has 2 N–H and O–H groups in total. The molecule has 0 spiro atoms. The van der Waals surface area contributed by atoms with Gasteiger partial charge in [-0.2, -0.15) is 0 Å². The Morgan fingerprint density at radius 3 is 2.02 bits per heavy atom. The number of aliphatic hydroxyl groups is 1. The molecule has 0 unspecified atom stereocenters. The summed E-state index contributed by atoms with van der Waals surface area (Å²) >= 11 is 1.69. The summed E-state index contributed by atoms with van der Waals surface area (Å²) in [5, 5.41) is 18.3. The van der Waals surface area contributed by atoms with Crippen molar-refractivity contribution in [3.05, 3.63) is 101 Å². The number of carboxylic acid groups (broad SMARTS) is 1. The van der Waals surface area contributed by atoms with Gasteiger partial charge in [0.2, 0.25) is 0 Å². The summed E-state index contributed by atoms with van der Waals surface area (Å²) < 4.78 is 2.32. The van der Waals surface area contributed by atoms with Crippen LogP contribution in [0.2, 0.25) is 0 Å². The number of rotatable bonds is 5. The Kier molecular flexibility index (Phi) is 8.77. The lowest BCUT2D eigenvalue weighted by Gasteiger charge is -2.36. The van der Waals surface area contributed by atoms with Crippen LogP contribution < -0.4 is 4.31 Å². The van der Waals surface area contributed by atoms with Gasteiger partial charge in [-0.25, -0.2) is 0 Å². The molecule has 0 saturated carbocycles. The summed E-state index contributed by atoms with van der Waals surface area (Å²) in [4.78, 5) is 11.9. The third-order valence-electron chi connectivity index (χ3n) is 7.03. The zero-order valence-electron chi connectivity index (χ0n) is 24.5. The molecular formula is C35H39NO3S. The number of carboxylic acids is 1. The SMILES string of the molecule is CC(C)(C)O.CSN1Cc2cc(-c3ccccc3)ccc2-c2c(C)c(-c3ccc(C)cc3)c(CC(=O)O)c(C)c21. The average Bonchev–Trinajstić information content (AvgIpc) is 2.90. The van der Waals surface area contributed by atoms with E-state index in [-0.39, 0.29) is 6.42 Å². The minimum atomic E-state index is -0.805. The number of carbonyl (C=O) groups is 1. The van der Waals surface area contributed by atoms with E-state index >= 15 is 0 Å². The van der Waals surface area contributed by atoms with Gasteiger partial charge in [0.1, 0.15) is 0 Å². The van der Waals surface area contributed by atoms with Crippen LogP contribution in [0.3, 0.4) is 0 Å². The molecule has 0 fully saturated rings. The number of hydrogen-bond donors (Lipinski definition) is 2. The fraction of sp³-hybridized carbons (Fsp3) is 0.286. The molecule has 0 radical (unpaired) electrons. The monoisotopic (exact) mass is 553 g/mol. The molecule has 0 amide bonds. The predicted molar refractivity (Wildman–Crippen MR) is 170 cm³/mol. The van der Waals surface area contributed by atoms with Crippen molar-refractivity contribution in [2.75, 3.05) is 10.6 Å². The molecule has 0 bridgehead atoms. The van der Waals surface area contributed by atoms with Crippen LogP contribution in [-0.4, -0.2) is 28.0 Å². The van der Waals surface area contributed by atoms with Crippen molar-refractivity contribution in [2.45, 2.75) is 60.1 Å². The number of nitrogens with zero attached hydrogens (tertiary/aromatic N) is 1. The van der Waals surface area contributed by atoms with Gasteiger partial charge >= 0.3 is 5.97 Å². The summed E-state index contributed by atoms with van der Waals surface area (Å²) in [7, 11) is 0. The highest BCUT2D eigenvalue weighted by Crippen LogP contribution is 2.50. The van der Waals surface area contributed by atoms with Crippen LogP contribution in [-0.2, 0) is 17.8 Å². The zero-order valence-corrected chi connectivity index (χ0v) is 25.3. The van der Waals surface area contributed by atoms with E-state index in [4.69, 9.17) is 5.11 Å². The van der Waals surface area contributed by atoms with Gasteiger partial charge in [0.05, 0.1) is 24.3 Å². The Morgan fingerprint density at radius 2 is 1.45 bits per heavy atom. The standard InChI is InChI=1S/C31H29NO2S.C4H10O/c1-19-10-12-23(13-11-19)29-21(3)30-26-15-14-24(22-8-6-5-7-9-22)16-25(26)18-32(35-4)31(30)20(2)27(29)17-28(33)34;1-4(2,3)5/h5-16H,17-18H2,1-4H3,(H,33,34);5H,1-3H3. The molecule has 0 saturated heterocycles. The molecule has 0 aliphatic carbocycles. The van der Waals surface area contributed by atoms with E-state index in [9.17, 15) is 9.90 Å². The first-order valence-electron chi connectivity index (χ1n) is 13.6. The van der Waals surface area contributed by atoms with Gasteiger partial charge < -0.3 is 14.5 Å². The lowest BCUT2D eigenvalue weighted by Crippen LogP contribution is -2.22. The Morgan fingerprint density at radius 1 is 0.850 bits per heavy atom. The van der Waals surface area contributed by atoms with Gasteiger partial charge in [-0.05, 0) is 97.7 Å². The number of benzene rings is 4. The van der Waals surface area contributed by atoms with E-state index in [0.29, 0.717) is 0 Å². The lowest BCUT2D eigenvalue weighted by atomic mass is 9.80. The molecule has 4 nitrogen and oxygen atoms in total. The Labute approximate surface area is 242 Å². The number of anilines is 1. The van der Waals surface area contributed by atoms with E-state index in [0.717, 1.165) is 40.0 Å². The lowest BCUT2D eigenvalue weighted by molar-refractivity contribution is -0.136. The van der Waals surface area contributed by atoms with Crippen molar-refractivity contribution in [3.8, 4) is 33.4 Å². The zero-order chi connectivity index (χ0) is 29.2. The van der Waals surface area contributed by atoms with Crippen molar-refractivity contribution < 1.29 is 15.0 Å². The minimum Gasteiger partial charge on any atom is -0.481 e. The molecule has 5 heteroatoms. The summed E-state index contributed by atoms with van der Waals surface area (Å²) in [6.45, 7) is 12.3. The van der Waals surface area contributed by atoms with E-state index < -0.39 is 11.6 Å². The van der Waals surface area contributed by atoms with Gasteiger partial charge in [-0.3, -0.25) is 4.79 Å². The van der Waals surface area contributed by atoms with E-state index in [1.165, 1.54) is 33.4 Å². The first-order valence-corrected chi connectivity index (χ1v) is 14.7. The third kappa shape index (κ3) is 6.43. The summed E-state index contributed by atoms with van der Waals surface area (Å²) in [6.07, 6.45) is 2.10. The Balaban J connectivity index is 0.000000681. The maximum Gasteiger partial charge on any atom is 0.307 e. The summed E-state index contributed by atoms with van der Waals surface area (Å²) in [6, 6.07) is 25.7.